The summed E-state index contributed by atoms with van der Waals surface area (Å²) in [6.45, 7) is 4.31. The zero-order valence-corrected chi connectivity index (χ0v) is 13.8. The second kappa shape index (κ2) is 5.48. The Balaban J connectivity index is 1.78. The zero-order chi connectivity index (χ0) is 16.8. The van der Waals surface area contributed by atoms with E-state index in [0.717, 1.165) is 12.0 Å². The van der Waals surface area contributed by atoms with Crippen LogP contribution in [0.25, 0.3) is 0 Å². The van der Waals surface area contributed by atoms with Crippen LogP contribution in [0.4, 0.5) is 11.4 Å². The molecule has 3 atom stereocenters. The standard InChI is InChI=1S/C20H20N2O2/c1-12-6-7-13(2)19-18(12)16-4-3-5-17(16)20(21-19)14-8-10-15(11-9-14)22(23)24/h3-4,6-11,16-17,20-21H,5H2,1-2H3/t16-,17+,20-/m1/s1. The monoisotopic (exact) mass is 320 g/mol. The Morgan fingerprint density at radius 2 is 1.79 bits per heavy atom. The third kappa shape index (κ3) is 2.21. The van der Waals surface area contributed by atoms with Crippen molar-refractivity contribution in [3.05, 3.63) is 80.9 Å². The van der Waals surface area contributed by atoms with E-state index in [1.54, 1.807) is 12.1 Å². The molecule has 4 nitrogen and oxygen atoms in total. The molecular weight excluding hydrogens is 300 g/mol. The van der Waals surface area contributed by atoms with Crippen molar-refractivity contribution in [3.8, 4) is 0 Å². The number of nitrogens with one attached hydrogen (secondary N) is 1. The summed E-state index contributed by atoms with van der Waals surface area (Å²) in [5.74, 6) is 0.876. The highest BCUT2D eigenvalue weighted by molar-refractivity contribution is 5.66. The minimum atomic E-state index is -0.346. The number of nitrogens with zero attached hydrogens (tertiary/aromatic N) is 1. The van der Waals surface area contributed by atoms with Crippen molar-refractivity contribution < 1.29 is 4.92 Å². The Morgan fingerprint density at radius 1 is 1.08 bits per heavy atom. The molecule has 2 aliphatic rings. The molecule has 0 amide bonds. The van der Waals surface area contributed by atoms with Gasteiger partial charge in [-0.05, 0) is 48.4 Å². The number of benzene rings is 2. The SMILES string of the molecule is Cc1ccc(C)c2c1N[C@H](c1ccc([N+](=O)[O-])cc1)[C@H]1CC=C[C@@H]21. The number of aryl methyl sites for hydroxylation is 2. The first-order valence-corrected chi connectivity index (χ1v) is 8.34. The number of anilines is 1. The van der Waals surface area contributed by atoms with Gasteiger partial charge in [-0.3, -0.25) is 10.1 Å². The molecule has 2 aromatic rings. The fourth-order valence-corrected chi connectivity index (χ4v) is 4.18. The molecule has 0 fully saturated rings. The highest BCUT2D eigenvalue weighted by Crippen LogP contribution is 2.51. The quantitative estimate of drug-likeness (QED) is 0.479. The molecule has 24 heavy (non-hydrogen) atoms. The summed E-state index contributed by atoms with van der Waals surface area (Å²) in [4.78, 5) is 10.6. The predicted molar refractivity (Wildman–Crippen MR) is 95.4 cm³/mol. The van der Waals surface area contributed by atoms with Gasteiger partial charge in [-0.25, -0.2) is 0 Å². The summed E-state index contributed by atoms with van der Waals surface area (Å²) in [5.41, 5.74) is 6.47. The van der Waals surface area contributed by atoms with Gasteiger partial charge in [0.05, 0.1) is 11.0 Å². The van der Waals surface area contributed by atoms with Crippen LogP contribution in [-0.2, 0) is 0 Å². The molecule has 4 heteroatoms. The van der Waals surface area contributed by atoms with Gasteiger partial charge >= 0.3 is 0 Å². The van der Waals surface area contributed by atoms with Crippen molar-refractivity contribution in [2.45, 2.75) is 32.2 Å². The highest BCUT2D eigenvalue weighted by Gasteiger charge is 2.39. The summed E-state index contributed by atoms with van der Waals surface area (Å²) >= 11 is 0. The molecule has 0 aromatic heterocycles. The smallest absolute Gasteiger partial charge is 0.269 e. The molecule has 0 unspecified atom stereocenters. The Morgan fingerprint density at radius 3 is 2.50 bits per heavy atom. The lowest BCUT2D eigenvalue weighted by Gasteiger charge is -2.39. The molecule has 122 valence electrons. The van der Waals surface area contributed by atoms with E-state index in [9.17, 15) is 10.1 Å². The van der Waals surface area contributed by atoms with Gasteiger partial charge in [-0.2, -0.15) is 0 Å². The van der Waals surface area contributed by atoms with Crippen LogP contribution in [0.15, 0.2) is 48.6 Å². The molecular formula is C20H20N2O2. The van der Waals surface area contributed by atoms with Gasteiger partial charge < -0.3 is 5.32 Å². The molecule has 0 bridgehead atoms. The fourth-order valence-electron chi connectivity index (χ4n) is 4.18. The summed E-state index contributed by atoms with van der Waals surface area (Å²) in [5, 5.41) is 14.6. The summed E-state index contributed by atoms with van der Waals surface area (Å²) in [6, 6.07) is 11.5. The van der Waals surface area contributed by atoms with E-state index in [1.165, 1.54) is 22.4 Å². The number of fused-ring (bicyclic) bond motifs is 3. The molecule has 0 saturated carbocycles. The van der Waals surface area contributed by atoms with Crippen LogP contribution in [0, 0.1) is 29.9 Å². The van der Waals surface area contributed by atoms with Gasteiger partial charge in [0.25, 0.3) is 5.69 Å². The van der Waals surface area contributed by atoms with Crippen LogP contribution in [-0.4, -0.2) is 4.92 Å². The lowest BCUT2D eigenvalue weighted by molar-refractivity contribution is -0.384. The van der Waals surface area contributed by atoms with Crippen molar-refractivity contribution >= 4 is 11.4 Å². The van der Waals surface area contributed by atoms with Gasteiger partial charge in [0.2, 0.25) is 0 Å². The van der Waals surface area contributed by atoms with Crippen LogP contribution in [0.1, 0.15) is 40.6 Å². The topological polar surface area (TPSA) is 55.2 Å². The number of nitro groups is 1. The average molecular weight is 320 g/mol. The van der Waals surface area contributed by atoms with Gasteiger partial charge in [-0.1, -0.05) is 36.4 Å². The van der Waals surface area contributed by atoms with Gasteiger partial charge in [0, 0.05) is 23.7 Å². The molecule has 2 aromatic carbocycles. The Labute approximate surface area is 141 Å². The number of non-ortho nitro benzene ring substituents is 1. The predicted octanol–water partition coefficient (Wildman–Crippen LogP) is 5.04. The minimum absolute atomic E-state index is 0.142. The van der Waals surface area contributed by atoms with Gasteiger partial charge in [0.15, 0.2) is 0 Å². The van der Waals surface area contributed by atoms with E-state index in [-0.39, 0.29) is 16.7 Å². The van der Waals surface area contributed by atoms with Gasteiger partial charge in [-0.15, -0.1) is 0 Å². The number of rotatable bonds is 2. The lowest BCUT2D eigenvalue weighted by atomic mass is 9.75. The summed E-state index contributed by atoms with van der Waals surface area (Å²) in [6.07, 6.45) is 5.63. The largest absolute Gasteiger partial charge is 0.377 e. The van der Waals surface area contributed by atoms with Crippen molar-refractivity contribution in [1.29, 1.82) is 0 Å². The van der Waals surface area contributed by atoms with Crippen LogP contribution in [0.3, 0.4) is 0 Å². The average Bonchev–Trinajstić information content (AvgIpc) is 3.07. The highest BCUT2D eigenvalue weighted by atomic mass is 16.6. The van der Waals surface area contributed by atoms with Crippen LogP contribution in [0.5, 0.6) is 0 Å². The molecule has 1 aliphatic carbocycles. The van der Waals surface area contributed by atoms with E-state index in [2.05, 4.69) is 43.4 Å². The maximum atomic E-state index is 10.9. The van der Waals surface area contributed by atoms with Crippen molar-refractivity contribution in [3.63, 3.8) is 0 Å². The maximum Gasteiger partial charge on any atom is 0.269 e. The third-order valence-electron chi connectivity index (χ3n) is 5.41. The van der Waals surface area contributed by atoms with Gasteiger partial charge in [0.1, 0.15) is 0 Å². The van der Waals surface area contributed by atoms with Crippen LogP contribution >= 0.6 is 0 Å². The first-order chi connectivity index (χ1) is 11.6. The Bertz CT molecular complexity index is 839. The number of allylic oxidation sites excluding steroid dienone is 2. The Kier molecular flexibility index (Phi) is 3.41. The lowest BCUT2D eigenvalue weighted by Crippen LogP contribution is -2.30. The first-order valence-electron chi connectivity index (χ1n) is 8.34. The van der Waals surface area contributed by atoms with E-state index in [4.69, 9.17) is 0 Å². The van der Waals surface area contributed by atoms with E-state index < -0.39 is 0 Å². The van der Waals surface area contributed by atoms with E-state index >= 15 is 0 Å². The third-order valence-corrected chi connectivity index (χ3v) is 5.41. The fraction of sp³-hybridized carbons (Fsp3) is 0.300. The van der Waals surface area contributed by atoms with E-state index in [1.807, 2.05) is 12.1 Å². The summed E-state index contributed by atoms with van der Waals surface area (Å²) < 4.78 is 0. The maximum absolute atomic E-state index is 10.9. The minimum Gasteiger partial charge on any atom is -0.377 e. The summed E-state index contributed by atoms with van der Waals surface area (Å²) in [7, 11) is 0. The van der Waals surface area contributed by atoms with Crippen molar-refractivity contribution in [2.24, 2.45) is 5.92 Å². The van der Waals surface area contributed by atoms with Crippen molar-refractivity contribution in [2.75, 3.05) is 5.32 Å². The first kappa shape index (κ1) is 14.9. The number of nitro benzene ring substituents is 1. The zero-order valence-electron chi connectivity index (χ0n) is 13.8. The normalized spacial score (nSPS) is 24.2. The Hall–Kier alpha value is -2.62. The van der Waals surface area contributed by atoms with Crippen LogP contribution < -0.4 is 5.32 Å². The molecule has 1 aliphatic heterocycles. The molecule has 0 spiro atoms. The van der Waals surface area contributed by atoms with Crippen molar-refractivity contribution in [1.82, 2.24) is 0 Å². The molecule has 0 saturated heterocycles. The molecule has 4 rings (SSSR count). The molecule has 0 radical (unpaired) electrons. The second-order valence-corrected chi connectivity index (χ2v) is 6.81. The van der Waals surface area contributed by atoms with Crippen LogP contribution in [0.2, 0.25) is 0 Å². The molecule has 1 heterocycles. The number of hydrogen-bond acceptors (Lipinski definition) is 3. The van der Waals surface area contributed by atoms with E-state index in [0.29, 0.717) is 11.8 Å². The molecule has 1 N–H and O–H groups in total. The number of hydrogen-bond donors (Lipinski definition) is 1. The second-order valence-electron chi connectivity index (χ2n) is 6.81.